The molecular weight excluding hydrogens is 210 g/mol. The molecule has 3 unspecified atom stereocenters. The van der Waals surface area contributed by atoms with Gasteiger partial charge in [-0.25, -0.2) is 0 Å². The molecular formula is C15H27NO. The molecule has 1 heterocycles. The number of Topliss-reactive ketones (excluding diaryl/α,β-unsaturated/α-hetero) is 1. The van der Waals surface area contributed by atoms with E-state index >= 15 is 0 Å². The van der Waals surface area contributed by atoms with Crippen LogP contribution in [0.15, 0.2) is 0 Å². The molecule has 0 spiro atoms. The number of carbonyl (C=O) groups is 1. The molecule has 1 aliphatic heterocycles. The molecule has 2 fully saturated rings. The molecule has 0 radical (unpaired) electrons. The van der Waals surface area contributed by atoms with E-state index in [1.54, 1.807) is 0 Å². The molecule has 1 aliphatic carbocycles. The van der Waals surface area contributed by atoms with Crippen LogP contribution in [0, 0.1) is 11.8 Å². The van der Waals surface area contributed by atoms with Crippen molar-refractivity contribution in [3.63, 3.8) is 0 Å². The molecule has 0 N–H and O–H groups in total. The molecule has 17 heavy (non-hydrogen) atoms. The maximum absolute atomic E-state index is 11.9. The first kappa shape index (κ1) is 13.1. The van der Waals surface area contributed by atoms with E-state index in [2.05, 4.69) is 18.7 Å². The van der Waals surface area contributed by atoms with Crippen molar-refractivity contribution in [2.45, 2.75) is 64.8 Å². The van der Waals surface area contributed by atoms with Crippen LogP contribution in [-0.2, 0) is 4.79 Å². The van der Waals surface area contributed by atoms with Crippen molar-refractivity contribution in [2.24, 2.45) is 11.8 Å². The molecule has 1 saturated heterocycles. The molecule has 1 saturated carbocycles. The lowest BCUT2D eigenvalue weighted by atomic mass is 9.87. The third-order valence-electron chi connectivity index (χ3n) is 4.72. The third-order valence-corrected chi connectivity index (χ3v) is 4.72. The molecule has 2 aliphatic rings. The Hall–Kier alpha value is -0.370. The standard InChI is InChI=1S/C15H27NO/c1-3-12(2)11-16-10-5-4-8-14(16)13-7-6-9-15(13)17/h12-14H,3-11H2,1-2H3. The van der Waals surface area contributed by atoms with Gasteiger partial charge < -0.3 is 0 Å². The fourth-order valence-corrected chi connectivity index (χ4v) is 3.48. The molecule has 0 aromatic rings. The Bertz CT molecular complexity index is 264. The monoisotopic (exact) mass is 237 g/mol. The Kier molecular flexibility index (Phi) is 4.61. The molecule has 0 bridgehead atoms. The van der Waals surface area contributed by atoms with Crippen LogP contribution in [0.3, 0.4) is 0 Å². The van der Waals surface area contributed by atoms with Gasteiger partial charge in [-0.2, -0.15) is 0 Å². The van der Waals surface area contributed by atoms with Crippen LogP contribution in [-0.4, -0.2) is 29.8 Å². The summed E-state index contributed by atoms with van der Waals surface area (Å²) in [4.78, 5) is 14.6. The van der Waals surface area contributed by atoms with Crippen LogP contribution < -0.4 is 0 Å². The van der Waals surface area contributed by atoms with E-state index in [0.717, 1.165) is 25.2 Å². The van der Waals surface area contributed by atoms with Gasteiger partial charge in [0.05, 0.1) is 0 Å². The van der Waals surface area contributed by atoms with Gasteiger partial charge in [0.25, 0.3) is 0 Å². The highest BCUT2D eigenvalue weighted by atomic mass is 16.1. The molecule has 3 atom stereocenters. The van der Waals surface area contributed by atoms with Crippen molar-refractivity contribution in [3.05, 3.63) is 0 Å². The van der Waals surface area contributed by atoms with E-state index in [1.807, 2.05) is 0 Å². The van der Waals surface area contributed by atoms with E-state index in [1.165, 1.54) is 38.8 Å². The SMILES string of the molecule is CCC(C)CN1CCCCC1C1CCCC1=O. The number of carbonyl (C=O) groups excluding carboxylic acids is 1. The highest BCUT2D eigenvalue weighted by molar-refractivity contribution is 5.83. The molecule has 2 heteroatoms. The molecule has 0 aromatic carbocycles. The first-order valence-corrected chi connectivity index (χ1v) is 7.49. The average Bonchev–Trinajstić information content (AvgIpc) is 2.76. The summed E-state index contributed by atoms with van der Waals surface area (Å²) >= 11 is 0. The Morgan fingerprint density at radius 3 is 2.76 bits per heavy atom. The van der Waals surface area contributed by atoms with E-state index < -0.39 is 0 Å². The quantitative estimate of drug-likeness (QED) is 0.748. The summed E-state index contributed by atoms with van der Waals surface area (Å²) in [6.07, 6.45) is 8.30. The van der Waals surface area contributed by atoms with Crippen molar-refractivity contribution >= 4 is 5.78 Å². The van der Waals surface area contributed by atoms with Crippen LogP contribution in [0.4, 0.5) is 0 Å². The number of rotatable bonds is 4. The van der Waals surface area contributed by atoms with Crippen molar-refractivity contribution in [3.8, 4) is 0 Å². The van der Waals surface area contributed by atoms with Gasteiger partial charge >= 0.3 is 0 Å². The Morgan fingerprint density at radius 1 is 1.29 bits per heavy atom. The molecule has 0 aromatic heterocycles. The number of hydrogen-bond donors (Lipinski definition) is 0. The summed E-state index contributed by atoms with van der Waals surface area (Å²) in [5.74, 6) is 1.69. The summed E-state index contributed by atoms with van der Waals surface area (Å²) in [6, 6.07) is 0.577. The van der Waals surface area contributed by atoms with Gasteiger partial charge in [0.1, 0.15) is 5.78 Å². The van der Waals surface area contributed by atoms with Crippen LogP contribution in [0.1, 0.15) is 58.8 Å². The van der Waals surface area contributed by atoms with Gasteiger partial charge in [-0.3, -0.25) is 9.69 Å². The lowest BCUT2D eigenvalue weighted by Gasteiger charge is -2.40. The van der Waals surface area contributed by atoms with Crippen LogP contribution >= 0.6 is 0 Å². The van der Waals surface area contributed by atoms with Gasteiger partial charge in [0.2, 0.25) is 0 Å². The summed E-state index contributed by atoms with van der Waals surface area (Å²) in [5.41, 5.74) is 0. The van der Waals surface area contributed by atoms with Gasteiger partial charge in [-0.05, 0) is 38.1 Å². The van der Waals surface area contributed by atoms with Gasteiger partial charge in [-0.1, -0.05) is 26.7 Å². The van der Waals surface area contributed by atoms with Crippen molar-refractivity contribution in [2.75, 3.05) is 13.1 Å². The normalized spacial score (nSPS) is 32.9. The second kappa shape index (κ2) is 5.99. The molecule has 98 valence electrons. The smallest absolute Gasteiger partial charge is 0.137 e. The van der Waals surface area contributed by atoms with Gasteiger partial charge in [0.15, 0.2) is 0 Å². The Morgan fingerprint density at radius 2 is 2.12 bits per heavy atom. The van der Waals surface area contributed by atoms with E-state index in [-0.39, 0.29) is 0 Å². The van der Waals surface area contributed by atoms with Gasteiger partial charge in [-0.15, -0.1) is 0 Å². The highest BCUT2D eigenvalue weighted by Crippen LogP contribution is 2.33. The minimum absolute atomic E-state index is 0.374. The molecule has 2 nitrogen and oxygen atoms in total. The Balaban J connectivity index is 1.98. The Labute approximate surface area is 106 Å². The van der Waals surface area contributed by atoms with Crippen LogP contribution in [0.5, 0.6) is 0 Å². The number of nitrogens with zero attached hydrogens (tertiary/aromatic N) is 1. The number of ketones is 1. The fourth-order valence-electron chi connectivity index (χ4n) is 3.48. The zero-order valence-corrected chi connectivity index (χ0v) is 11.5. The first-order chi connectivity index (χ1) is 8.22. The second-order valence-corrected chi connectivity index (χ2v) is 6.04. The minimum atomic E-state index is 0.374. The zero-order chi connectivity index (χ0) is 12.3. The second-order valence-electron chi connectivity index (χ2n) is 6.04. The lowest BCUT2D eigenvalue weighted by molar-refractivity contribution is -0.123. The first-order valence-electron chi connectivity index (χ1n) is 7.49. The lowest BCUT2D eigenvalue weighted by Crippen LogP contribution is -2.47. The van der Waals surface area contributed by atoms with Gasteiger partial charge in [0, 0.05) is 24.9 Å². The summed E-state index contributed by atoms with van der Waals surface area (Å²) in [6.45, 7) is 7.02. The van der Waals surface area contributed by atoms with Crippen molar-refractivity contribution < 1.29 is 4.79 Å². The van der Waals surface area contributed by atoms with E-state index in [9.17, 15) is 4.79 Å². The molecule has 2 rings (SSSR count). The highest BCUT2D eigenvalue weighted by Gasteiger charge is 2.36. The molecule has 0 amide bonds. The number of piperidine rings is 1. The third kappa shape index (κ3) is 3.09. The maximum Gasteiger partial charge on any atom is 0.137 e. The van der Waals surface area contributed by atoms with E-state index in [4.69, 9.17) is 0 Å². The maximum atomic E-state index is 11.9. The summed E-state index contributed by atoms with van der Waals surface area (Å²) < 4.78 is 0. The van der Waals surface area contributed by atoms with Crippen LogP contribution in [0.25, 0.3) is 0 Å². The minimum Gasteiger partial charge on any atom is -0.299 e. The largest absolute Gasteiger partial charge is 0.299 e. The topological polar surface area (TPSA) is 20.3 Å². The van der Waals surface area contributed by atoms with Crippen molar-refractivity contribution in [1.82, 2.24) is 4.90 Å². The summed E-state index contributed by atoms with van der Waals surface area (Å²) in [5, 5.41) is 0. The number of hydrogen-bond acceptors (Lipinski definition) is 2. The van der Waals surface area contributed by atoms with Crippen molar-refractivity contribution in [1.29, 1.82) is 0 Å². The predicted octanol–water partition coefficient (Wildman–Crippen LogP) is 3.26. The average molecular weight is 237 g/mol. The van der Waals surface area contributed by atoms with E-state index in [0.29, 0.717) is 17.7 Å². The van der Waals surface area contributed by atoms with Crippen LogP contribution in [0.2, 0.25) is 0 Å². The fraction of sp³-hybridized carbons (Fsp3) is 0.933. The predicted molar refractivity (Wildman–Crippen MR) is 71.0 cm³/mol. The zero-order valence-electron chi connectivity index (χ0n) is 11.5. The number of likely N-dealkylation sites (tertiary alicyclic amines) is 1. The summed E-state index contributed by atoms with van der Waals surface area (Å²) in [7, 11) is 0.